The van der Waals surface area contributed by atoms with E-state index < -0.39 is 0 Å². The first-order chi connectivity index (χ1) is 7.63. The van der Waals surface area contributed by atoms with Crippen molar-refractivity contribution in [2.24, 2.45) is 0 Å². The number of ketones is 1. The third kappa shape index (κ3) is 5.09. The fourth-order valence-electron chi connectivity index (χ4n) is 1.50. The first kappa shape index (κ1) is 14.4. The molecule has 0 radical (unpaired) electrons. The maximum absolute atomic E-state index is 11.1. The molecule has 0 amide bonds. The molecule has 0 N–H and O–H groups in total. The maximum atomic E-state index is 11.1. The minimum absolute atomic E-state index is 0.364. The Kier molecular flexibility index (Phi) is 6.81. The van der Waals surface area contributed by atoms with Crippen LogP contribution in [0.15, 0.2) is 9.40 Å². The van der Waals surface area contributed by atoms with Gasteiger partial charge in [-0.05, 0) is 24.8 Å². The highest BCUT2D eigenvalue weighted by Gasteiger charge is 2.19. The normalized spacial score (nSPS) is 17.2. The summed E-state index contributed by atoms with van der Waals surface area (Å²) in [6.07, 6.45) is 4.58. The van der Waals surface area contributed by atoms with Crippen LogP contribution in [0.4, 0.5) is 0 Å². The first-order valence-electron chi connectivity index (χ1n) is 5.62. The molecule has 5 heteroatoms. The molecular weight excluding hydrogens is 265 g/mol. The molecule has 0 aliphatic carbocycles. The van der Waals surface area contributed by atoms with Gasteiger partial charge in [0.2, 0.25) is 0 Å². The zero-order chi connectivity index (χ0) is 12.0. The van der Waals surface area contributed by atoms with Gasteiger partial charge in [-0.1, -0.05) is 36.5 Å². The second-order valence-corrected chi connectivity index (χ2v) is 6.00. The van der Waals surface area contributed by atoms with Crippen LogP contribution in [0.3, 0.4) is 0 Å². The number of halogens is 2. The molecule has 0 unspecified atom stereocenters. The van der Waals surface area contributed by atoms with Gasteiger partial charge < -0.3 is 0 Å². The molecule has 0 aromatic heterocycles. The Morgan fingerprint density at radius 1 is 1.38 bits per heavy atom. The molecule has 0 saturated heterocycles. The highest BCUT2D eigenvalue weighted by molar-refractivity contribution is 8.02. The van der Waals surface area contributed by atoms with E-state index >= 15 is 0 Å². The molecule has 92 valence electrons. The van der Waals surface area contributed by atoms with Gasteiger partial charge in [0.1, 0.15) is 10.1 Å². The summed E-state index contributed by atoms with van der Waals surface area (Å²) in [5.74, 6) is 0.364. The summed E-state index contributed by atoms with van der Waals surface area (Å²) in [6, 6.07) is 0. The van der Waals surface area contributed by atoms with Crippen molar-refractivity contribution in [1.29, 1.82) is 0 Å². The third-order valence-electron chi connectivity index (χ3n) is 2.50. The second kappa shape index (κ2) is 7.59. The van der Waals surface area contributed by atoms with Crippen LogP contribution in [0.2, 0.25) is 0 Å². The summed E-state index contributed by atoms with van der Waals surface area (Å²) in [4.78, 5) is 11.1. The Hall–Kier alpha value is 0.300. The van der Waals surface area contributed by atoms with Gasteiger partial charge in [0.15, 0.2) is 0 Å². The molecule has 1 aliphatic rings. The molecule has 0 saturated carbocycles. The van der Waals surface area contributed by atoms with Gasteiger partial charge in [-0.15, -0.1) is 0 Å². The van der Waals surface area contributed by atoms with Crippen molar-refractivity contribution in [3.63, 3.8) is 0 Å². The summed E-state index contributed by atoms with van der Waals surface area (Å²) in [5, 5.41) is 0.743. The largest absolute Gasteiger partial charge is 0.300 e. The Labute approximate surface area is 111 Å². The van der Waals surface area contributed by atoms with Crippen molar-refractivity contribution in [3.05, 3.63) is 9.40 Å². The Morgan fingerprint density at radius 3 is 2.69 bits per heavy atom. The maximum Gasteiger partial charge on any atom is 0.132 e. The van der Waals surface area contributed by atoms with Crippen molar-refractivity contribution < 1.29 is 4.79 Å². The van der Waals surface area contributed by atoms with Crippen LogP contribution in [-0.2, 0) is 4.79 Å². The van der Waals surface area contributed by atoms with E-state index in [0.717, 1.165) is 43.8 Å². The van der Waals surface area contributed by atoms with Gasteiger partial charge in [0.05, 0.1) is 5.03 Å². The summed E-state index contributed by atoms with van der Waals surface area (Å²) < 4.78 is 2.86. The SMILES string of the molecule is CCC(=O)CCCCCN1CC(Cl)=C(Cl)S1. The first-order valence-corrected chi connectivity index (χ1v) is 7.15. The molecule has 1 aliphatic heterocycles. The van der Waals surface area contributed by atoms with E-state index in [1.54, 1.807) is 0 Å². The number of unbranched alkanes of at least 4 members (excludes halogenated alkanes) is 2. The molecule has 0 bridgehead atoms. The predicted molar refractivity (Wildman–Crippen MR) is 71.7 cm³/mol. The number of hydrogen-bond donors (Lipinski definition) is 0. The molecule has 1 heterocycles. The van der Waals surface area contributed by atoms with Crippen molar-refractivity contribution in [1.82, 2.24) is 4.31 Å². The molecule has 0 aromatic rings. The van der Waals surface area contributed by atoms with Crippen molar-refractivity contribution >= 4 is 40.9 Å². The van der Waals surface area contributed by atoms with Crippen LogP contribution in [-0.4, -0.2) is 23.2 Å². The zero-order valence-electron chi connectivity index (χ0n) is 9.47. The van der Waals surface area contributed by atoms with Crippen LogP contribution < -0.4 is 0 Å². The number of nitrogens with zero attached hydrogens (tertiary/aromatic N) is 1. The fourth-order valence-corrected chi connectivity index (χ4v) is 2.98. The third-order valence-corrected chi connectivity index (χ3v) is 4.42. The average Bonchev–Trinajstić information content (AvgIpc) is 2.57. The minimum atomic E-state index is 0.364. The van der Waals surface area contributed by atoms with E-state index in [0.29, 0.717) is 16.6 Å². The van der Waals surface area contributed by atoms with Crippen LogP contribution in [0.1, 0.15) is 39.0 Å². The molecular formula is C11H17Cl2NOS. The molecule has 0 spiro atoms. The lowest BCUT2D eigenvalue weighted by atomic mass is 10.1. The Bertz CT molecular complexity index is 267. The highest BCUT2D eigenvalue weighted by Crippen LogP contribution is 2.37. The van der Waals surface area contributed by atoms with Gasteiger partial charge in [0, 0.05) is 25.9 Å². The lowest BCUT2D eigenvalue weighted by Gasteiger charge is -2.12. The number of carbonyl (C=O) groups excluding carboxylic acids is 1. The van der Waals surface area contributed by atoms with E-state index in [9.17, 15) is 4.79 Å². The van der Waals surface area contributed by atoms with Gasteiger partial charge in [-0.3, -0.25) is 4.79 Å². The Balaban J connectivity index is 1.99. The number of hydrogen-bond acceptors (Lipinski definition) is 3. The highest BCUT2D eigenvalue weighted by atomic mass is 35.5. The standard InChI is InChI=1S/C11H17Cl2NOS/c1-2-9(15)6-4-3-5-7-14-8-10(12)11(13)16-14/h2-8H2,1H3. The lowest BCUT2D eigenvalue weighted by molar-refractivity contribution is -0.118. The number of carbonyl (C=O) groups is 1. The summed E-state index contributed by atoms with van der Waals surface area (Å²) >= 11 is 13.3. The number of rotatable bonds is 7. The van der Waals surface area contributed by atoms with E-state index in [2.05, 4.69) is 4.31 Å². The van der Waals surface area contributed by atoms with Crippen molar-refractivity contribution in [3.8, 4) is 0 Å². The molecule has 0 atom stereocenters. The van der Waals surface area contributed by atoms with E-state index in [1.165, 1.54) is 11.9 Å². The number of Topliss-reactive ketones (excluding diaryl/α,β-unsaturated/α-hetero) is 1. The van der Waals surface area contributed by atoms with Gasteiger partial charge in [-0.25, -0.2) is 4.31 Å². The lowest BCUT2D eigenvalue weighted by Crippen LogP contribution is -2.14. The molecule has 2 nitrogen and oxygen atoms in total. The quantitative estimate of drug-likeness (QED) is 0.517. The molecule has 1 rings (SSSR count). The van der Waals surface area contributed by atoms with Crippen LogP contribution in [0, 0.1) is 0 Å². The van der Waals surface area contributed by atoms with Crippen LogP contribution in [0.25, 0.3) is 0 Å². The monoisotopic (exact) mass is 281 g/mol. The van der Waals surface area contributed by atoms with E-state index in [1.807, 2.05) is 6.92 Å². The topological polar surface area (TPSA) is 20.3 Å². The van der Waals surface area contributed by atoms with Crippen molar-refractivity contribution in [2.75, 3.05) is 13.1 Å². The second-order valence-electron chi connectivity index (χ2n) is 3.84. The van der Waals surface area contributed by atoms with Crippen LogP contribution >= 0.6 is 35.1 Å². The van der Waals surface area contributed by atoms with Gasteiger partial charge in [0.25, 0.3) is 0 Å². The van der Waals surface area contributed by atoms with Crippen molar-refractivity contribution in [2.45, 2.75) is 39.0 Å². The summed E-state index contributed by atoms with van der Waals surface area (Å²) in [6.45, 7) is 3.65. The Morgan fingerprint density at radius 2 is 2.12 bits per heavy atom. The fraction of sp³-hybridized carbons (Fsp3) is 0.727. The zero-order valence-corrected chi connectivity index (χ0v) is 11.8. The summed E-state index contributed by atoms with van der Waals surface area (Å²) in [7, 11) is 0. The molecule has 0 fully saturated rings. The van der Waals surface area contributed by atoms with E-state index in [4.69, 9.17) is 23.2 Å². The minimum Gasteiger partial charge on any atom is -0.300 e. The molecule has 0 aromatic carbocycles. The van der Waals surface area contributed by atoms with Gasteiger partial charge in [-0.2, -0.15) is 0 Å². The van der Waals surface area contributed by atoms with Crippen LogP contribution in [0.5, 0.6) is 0 Å². The van der Waals surface area contributed by atoms with Gasteiger partial charge >= 0.3 is 0 Å². The smallest absolute Gasteiger partial charge is 0.132 e. The van der Waals surface area contributed by atoms with E-state index in [-0.39, 0.29) is 0 Å². The predicted octanol–water partition coefficient (Wildman–Crippen LogP) is 4.14. The summed E-state index contributed by atoms with van der Waals surface area (Å²) in [5.41, 5.74) is 0. The molecule has 16 heavy (non-hydrogen) atoms. The average molecular weight is 282 g/mol.